The minimum Gasteiger partial charge on any atom is -0.494 e. The van der Waals surface area contributed by atoms with Crippen molar-refractivity contribution in [1.82, 2.24) is 5.32 Å². The molecule has 1 aromatic rings. The van der Waals surface area contributed by atoms with Gasteiger partial charge in [0.25, 0.3) is 0 Å². The maximum absolute atomic E-state index is 5.64. The normalized spacial score (nSPS) is 10.6. The van der Waals surface area contributed by atoms with Crippen molar-refractivity contribution >= 4 is 0 Å². The summed E-state index contributed by atoms with van der Waals surface area (Å²) in [6.45, 7) is 7.42. The fraction of sp³-hybridized carbons (Fsp3) is 0.625. The van der Waals surface area contributed by atoms with E-state index in [1.54, 1.807) is 0 Å². The van der Waals surface area contributed by atoms with E-state index < -0.39 is 0 Å². The molecule has 1 rings (SSSR count). The van der Waals surface area contributed by atoms with Crippen molar-refractivity contribution in [2.75, 3.05) is 19.7 Å². The lowest BCUT2D eigenvalue weighted by Gasteiger charge is -2.07. The van der Waals surface area contributed by atoms with Crippen molar-refractivity contribution in [3.05, 3.63) is 29.8 Å². The number of nitrogens with one attached hydrogen (secondary N) is 1. The molecule has 0 aliphatic rings. The number of hydrogen-bond acceptors (Lipinski definition) is 2. The minimum absolute atomic E-state index is 0.810. The topological polar surface area (TPSA) is 21.3 Å². The van der Waals surface area contributed by atoms with Gasteiger partial charge in [0.1, 0.15) is 5.75 Å². The third kappa shape index (κ3) is 6.65. The van der Waals surface area contributed by atoms with E-state index in [4.69, 9.17) is 4.74 Å². The quantitative estimate of drug-likeness (QED) is 0.637. The molecule has 0 saturated carbocycles. The SMILES string of the molecule is CCCNCCCCc1cccc(OCCC)c1. The number of aryl methyl sites for hydroxylation is 1. The van der Waals surface area contributed by atoms with E-state index in [1.807, 2.05) is 6.07 Å². The summed E-state index contributed by atoms with van der Waals surface area (Å²) in [7, 11) is 0. The summed E-state index contributed by atoms with van der Waals surface area (Å²) in [5.41, 5.74) is 1.39. The first kappa shape index (κ1) is 15.0. The summed E-state index contributed by atoms with van der Waals surface area (Å²) in [6.07, 6.45) is 5.93. The molecule has 2 nitrogen and oxygen atoms in total. The van der Waals surface area contributed by atoms with Crippen LogP contribution in [0.4, 0.5) is 0 Å². The van der Waals surface area contributed by atoms with Gasteiger partial charge in [-0.05, 0) is 62.9 Å². The summed E-state index contributed by atoms with van der Waals surface area (Å²) in [5, 5.41) is 3.44. The van der Waals surface area contributed by atoms with Gasteiger partial charge in [-0.1, -0.05) is 26.0 Å². The molecule has 0 heterocycles. The van der Waals surface area contributed by atoms with Crippen LogP contribution in [-0.2, 0) is 6.42 Å². The Labute approximate surface area is 112 Å². The Morgan fingerprint density at radius 3 is 2.72 bits per heavy atom. The van der Waals surface area contributed by atoms with E-state index in [0.717, 1.165) is 38.3 Å². The maximum atomic E-state index is 5.64. The van der Waals surface area contributed by atoms with Crippen molar-refractivity contribution in [2.45, 2.75) is 46.0 Å². The van der Waals surface area contributed by atoms with Gasteiger partial charge in [0, 0.05) is 0 Å². The van der Waals surface area contributed by atoms with E-state index in [-0.39, 0.29) is 0 Å². The summed E-state index contributed by atoms with van der Waals surface area (Å²) >= 11 is 0. The first-order chi connectivity index (χ1) is 8.86. The van der Waals surface area contributed by atoms with Gasteiger partial charge in [0.15, 0.2) is 0 Å². The molecule has 2 heteroatoms. The second-order valence-electron chi connectivity index (χ2n) is 4.70. The number of ether oxygens (including phenoxy) is 1. The lowest BCUT2D eigenvalue weighted by atomic mass is 10.1. The standard InChI is InChI=1S/C16H27NO/c1-3-11-17-12-6-5-8-15-9-7-10-16(14-15)18-13-4-2/h7,9-10,14,17H,3-6,8,11-13H2,1-2H3. The molecule has 0 aromatic heterocycles. The number of hydrogen-bond donors (Lipinski definition) is 1. The number of rotatable bonds is 10. The van der Waals surface area contributed by atoms with Gasteiger partial charge in [0.05, 0.1) is 6.61 Å². The largest absolute Gasteiger partial charge is 0.494 e. The predicted molar refractivity (Wildman–Crippen MR) is 78.3 cm³/mol. The second-order valence-corrected chi connectivity index (χ2v) is 4.70. The first-order valence-corrected chi connectivity index (χ1v) is 7.29. The summed E-state index contributed by atoms with van der Waals surface area (Å²) in [6, 6.07) is 8.50. The molecule has 1 aromatic carbocycles. The molecule has 102 valence electrons. The van der Waals surface area contributed by atoms with E-state index in [2.05, 4.69) is 37.4 Å². The van der Waals surface area contributed by atoms with E-state index in [0.29, 0.717) is 0 Å². The van der Waals surface area contributed by atoms with Crippen LogP contribution < -0.4 is 10.1 Å². The molecular formula is C16H27NO. The average Bonchev–Trinajstić information content (AvgIpc) is 2.41. The molecule has 0 fully saturated rings. The fourth-order valence-corrected chi connectivity index (χ4v) is 1.89. The second kappa shape index (κ2) is 9.95. The fourth-order valence-electron chi connectivity index (χ4n) is 1.89. The molecule has 18 heavy (non-hydrogen) atoms. The molecule has 1 N–H and O–H groups in total. The Balaban J connectivity index is 2.20. The molecule has 0 atom stereocenters. The Morgan fingerprint density at radius 2 is 1.94 bits per heavy atom. The smallest absolute Gasteiger partial charge is 0.119 e. The van der Waals surface area contributed by atoms with Gasteiger partial charge in [-0.25, -0.2) is 0 Å². The molecule has 0 unspecified atom stereocenters. The highest BCUT2D eigenvalue weighted by atomic mass is 16.5. The highest BCUT2D eigenvalue weighted by molar-refractivity contribution is 5.28. The van der Waals surface area contributed by atoms with Crippen LogP contribution in [0, 0.1) is 0 Å². The van der Waals surface area contributed by atoms with Gasteiger partial charge in [0.2, 0.25) is 0 Å². The van der Waals surface area contributed by atoms with Crippen LogP contribution in [0.1, 0.15) is 45.1 Å². The van der Waals surface area contributed by atoms with E-state index in [1.165, 1.54) is 24.8 Å². The Kier molecular flexibility index (Phi) is 8.32. The van der Waals surface area contributed by atoms with Gasteiger partial charge >= 0.3 is 0 Å². The van der Waals surface area contributed by atoms with Gasteiger partial charge in [-0.15, -0.1) is 0 Å². The van der Waals surface area contributed by atoms with Crippen LogP contribution in [0.15, 0.2) is 24.3 Å². The zero-order chi connectivity index (χ0) is 13.1. The molecule has 0 amide bonds. The van der Waals surface area contributed by atoms with Crippen molar-refractivity contribution in [2.24, 2.45) is 0 Å². The maximum Gasteiger partial charge on any atom is 0.119 e. The van der Waals surface area contributed by atoms with Crippen LogP contribution in [0.2, 0.25) is 0 Å². The first-order valence-electron chi connectivity index (χ1n) is 7.29. The van der Waals surface area contributed by atoms with Crippen molar-refractivity contribution in [1.29, 1.82) is 0 Å². The molecule has 0 spiro atoms. The van der Waals surface area contributed by atoms with Crippen molar-refractivity contribution in [3.63, 3.8) is 0 Å². The highest BCUT2D eigenvalue weighted by Gasteiger charge is 1.97. The zero-order valence-electron chi connectivity index (χ0n) is 11.9. The van der Waals surface area contributed by atoms with Crippen molar-refractivity contribution in [3.8, 4) is 5.75 Å². The van der Waals surface area contributed by atoms with Gasteiger partial charge in [-0.3, -0.25) is 0 Å². The molecule has 0 bridgehead atoms. The van der Waals surface area contributed by atoms with Crippen LogP contribution in [-0.4, -0.2) is 19.7 Å². The minimum atomic E-state index is 0.810. The number of benzene rings is 1. The highest BCUT2D eigenvalue weighted by Crippen LogP contribution is 2.15. The Morgan fingerprint density at radius 1 is 1.06 bits per heavy atom. The molecule has 0 radical (unpaired) electrons. The summed E-state index contributed by atoms with van der Waals surface area (Å²) < 4.78 is 5.64. The number of unbranched alkanes of at least 4 members (excludes halogenated alkanes) is 1. The third-order valence-electron chi connectivity index (χ3n) is 2.87. The van der Waals surface area contributed by atoms with Crippen LogP contribution >= 0.6 is 0 Å². The van der Waals surface area contributed by atoms with Crippen LogP contribution in [0.25, 0.3) is 0 Å². The predicted octanol–water partition coefficient (Wildman–Crippen LogP) is 3.80. The molecule has 0 aliphatic carbocycles. The zero-order valence-corrected chi connectivity index (χ0v) is 11.9. The van der Waals surface area contributed by atoms with E-state index in [9.17, 15) is 0 Å². The molecule has 0 saturated heterocycles. The van der Waals surface area contributed by atoms with Crippen LogP contribution in [0.5, 0.6) is 5.75 Å². The summed E-state index contributed by atoms with van der Waals surface area (Å²) in [5.74, 6) is 1.01. The Hall–Kier alpha value is -1.02. The lowest BCUT2D eigenvalue weighted by Crippen LogP contribution is -2.15. The van der Waals surface area contributed by atoms with Crippen LogP contribution in [0.3, 0.4) is 0 Å². The average molecular weight is 249 g/mol. The third-order valence-corrected chi connectivity index (χ3v) is 2.87. The van der Waals surface area contributed by atoms with Gasteiger partial charge in [-0.2, -0.15) is 0 Å². The summed E-state index contributed by atoms with van der Waals surface area (Å²) in [4.78, 5) is 0. The Bertz CT molecular complexity index is 312. The molecule has 0 aliphatic heterocycles. The monoisotopic (exact) mass is 249 g/mol. The van der Waals surface area contributed by atoms with Crippen molar-refractivity contribution < 1.29 is 4.74 Å². The molecular weight excluding hydrogens is 222 g/mol. The van der Waals surface area contributed by atoms with E-state index >= 15 is 0 Å². The lowest BCUT2D eigenvalue weighted by molar-refractivity contribution is 0.317. The van der Waals surface area contributed by atoms with Gasteiger partial charge < -0.3 is 10.1 Å².